The Labute approximate surface area is 85.6 Å². The second kappa shape index (κ2) is 8.21. The Bertz CT molecular complexity index is 98.5. The minimum absolute atomic E-state index is 0.298. The molecule has 0 aliphatic carbocycles. The Kier molecular flexibility index (Phi) is 8.62. The van der Waals surface area contributed by atoms with Crippen LogP contribution in [0.4, 0.5) is 0 Å². The van der Waals surface area contributed by atoms with Crippen molar-refractivity contribution in [2.45, 2.75) is 25.6 Å². The van der Waals surface area contributed by atoms with Gasteiger partial charge in [0, 0.05) is 24.2 Å². The Morgan fingerprint density at radius 1 is 1.42 bits per heavy atom. The highest BCUT2D eigenvalue weighted by Gasteiger charge is 2.05. The highest BCUT2D eigenvalue weighted by molar-refractivity contribution is 7.98. The molecule has 1 atom stereocenters. The molecule has 0 aromatic heterocycles. The van der Waals surface area contributed by atoms with Gasteiger partial charge in [-0.15, -0.1) is 11.6 Å². The van der Waals surface area contributed by atoms with Crippen LogP contribution in [0.15, 0.2) is 0 Å². The van der Waals surface area contributed by atoms with Crippen molar-refractivity contribution in [3.8, 4) is 0 Å². The van der Waals surface area contributed by atoms with Crippen molar-refractivity contribution in [2.75, 3.05) is 25.1 Å². The van der Waals surface area contributed by atoms with Crippen molar-refractivity contribution in [2.24, 2.45) is 5.92 Å². The third-order valence-corrected chi connectivity index (χ3v) is 2.52. The first kappa shape index (κ1) is 12.6. The number of nitrogens with one attached hydrogen (secondary N) is 1. The van der Waals surface area contributed by atoms with E-state index in [-0.39, 0.29) is 0 Å². The molecular formula is C9H20ClNS. The van der Waals surface area contributed by atoms with Gasteiger partial charge in [0.25, 0.3) is 0 Å². The molecule has 1 unspecified atom stereocenters. The van der Waals surface area contributed by atoms with Crippen LogP contribution in [0, 0.1) is 5.92 Å². The summed E-state index contributed by atoms with van der Waals surface area (Å²) in [5.74, 6) is 1.88. The van der Waals surface area contributed by atoms with Gasteiger partial charge >= 0.3 is 0 Å². The molecule has 0 saturated carbocycles. The maximum absolute atomic E-state index is 6.09. The number of hydrogen-bond donors (Lipinski definition) is 1. The summed E-state index contributed by atoms with van der Waals surface area (Å²) in [6.45, 7) is 6.43. The molecular weight excluding hydrogens is 190 g/mol. The van der Waals surface area contributed by atoms with E-state index in [4.69, 9.17) is 11.6 Å². The normalized spacial score (nSPS) is 13.8. The molecule has 0 bridgehead atoms. The summed E-state index contributed by atoms with van der Waals surface area (Å²) in [4.78, 5) is 0. The SMILES string of the molecule is CSCCNCC(Cl)CC(C)C. The van der Waals surface area contributed by atoms with E-state index in [1.54, 1.807) is 0 Å². The van der Waals surface area contributed by atoms with E-state index < -0.39 is 0 Å². The van der Waals surface area contributed by atoms with Crippen LogP contribution in [0.25, 0.3) is 0 Å². The monoisotopic (exact) mass is 209 g/mol. The number of hydrogen-bond acceptors (Lipinski definition) is 2. The smallest absolute Gasteiger partial charge is 0.0463 e. The minimum Gasteiger partial charge on any atom is -0.314 e. The average Bonchev–Trinajstić information content (AvgIpc) is 1.97. The quantitative estimate of drug-likeness (QED) is 0.511. The molecule has 3 heteroatoms. The summed E-state index contributed by atoms with van der Waals surface area (Å²) in [5.41, 5.74) is 0. The standard InChI is InChI=1S/C9H20ClNS/c1-8(2)6-9(10)7-11-4-5-12-3/h8-9,11H,4-7H2,1-3H3. The molecule has 1 N–H and O–H groups in total. The summed E-state index contributed by atoms with van der Waals surface area (Å²) in [7, 11) is 0. The molecule has 0 fully saturated rings. The van der Waals surface area contributed by atoms with Crippen molar-refractivity contribution < 1.29 is 0 Å². The predicted octanol–water partition coefficient (Wildman–Crippen LogP) is 2.59. The summed E-state index contributed by atoms with van der Waals surface area (Å²) in [5, 5.41) is 3.64. The van der Waals surface area contributed by atoms with E-state index >= 15 is 0 Å². The lowest BCUT2D eigenvalue weighted by Crippen LogP contribution is -2.26. The van der Waals surface area contributed by atoms with Crippen LogP contribution in [0.1, 0.15) is 20.3 Å². The van der Waals surface area contributed by atoms with Gasteiger partial charge in [0.15, 0.2) is 0 Å². The lowest BCUT2D eigenvalue weighted by molar-refractivity contribution is 0.540. The zero-order valence-electron chi connectivity index (χ0n) is 8.27. The van der Waals surface area contributed by atoms with Gasteiger partial charge in [-0.3, -0.25) is 0 Å². The lowest BCUT2D eigenvalue weighted by atomic mass is 10.1. The number of rotatable bonds is 7. The fourth-order valence-corrected chi connectivity index (χ4v) is 1.84. The summed E-state index contributed by atoms with van der Waals surface area (Å²) < 4.78 is 0. The van der Waals surface area contributed by atoms with Crippen LogP contribution in [0.5, 0.6) is 0 Å². The maximum atomic E-state index is 6.09. The topological polar surface area (TPSA) is 12.0 Å². The zero-order valence-corrected chi connectivity index (χ0v) is 9.84. The maximum Gasteiger partial charge on any atom is 0.0463 e. The number of alkyl halides is 1. The molecule has 0 amide bonds. The van der Waals surface area contributed by atoms with Gasteiger partial charge in [-0.05, 0) is 18.6 Å². The van der Waals surface area contributed by atoms with E-state index in [9.17, 15) is 0 Å². The van der Waals surface area contributed by atoms with Crippen LogP contribution in [-0.4, -0.2) is 30.5 Å². The van der Waals surface area contributed by atoms with Crippen molar-refractivity contribution in [3.63, 3.8) is 0 Å². The highest BCUT2D eigenvalue weighted by Crippen LogP contribution is 2.09. The molecule has 0 aliphatic heterocycles. The predicted molar refractivity (Wildman–Crippen MR) is 60.3 cm³/mol. The first-order valence-electron chi connectivity index (χ1n) is 4.50. The molecule has 0 aromatic carbocycles. The van der Waals surface area contributed by atoms with Crippen molar-refractivity contribution >= 4 is 23.4 Å². The van der Waals surface area contributed by atoms with E-state index in [2.05, 4.69) is 25.4 Å². The highest BCUT2D eigenvalue weighted by atomic mass is 35.5. The second-order valence-electron chi connectivity index (χ2n) is 3.42. The van der Waals surface area contributed by atoms with Crippen molar-refractivity contribution in [3.05, 3.63) is 0 Å². The lowest BCUT2D eigenvalue weighted by Gasteiger charge is -2.12. The molecule has 12 heavy (non-hydrogen) atoms. The van der Waals surface area contributed by atoms with Gasteiger partial charge in [-0.25, -0.2) is 0 Å². The van der Waals surface area contributed by atoms with Crippen LogP contribution >= 0.6 is 23.4 Å². The van der Waals surface area contributed by atoms with Crippen molar-refractivity contribution in [1.82, 2.24) is 5.32 Å². The molecule has 0 spiro atoms. The minimum atomic E-state index is 0.298. The van der Waals surface area contributed by atoms with E-state index in [1.807, 2.05) is 11.8 Å². The molecule has 0 saturated heterocycles. The number of halogens is 1. The Balaban J connectivity index is 3.14. The first-order valence-corrected chi connectivity index (χ1v) is 6.33. The Morgan fingerprint density at radius 3 is 2.58 bits per heavy atom. The van der Waals surface area contributed by atoms with Gasteiger partial charge in [-0.1, -0.05) is 13.8 Å². The molecule has 0 aliphatic rings. The van der Waals surface area contributed by atoms with Crippen LogP contribution in [0.2, 0.25) is 0 Å². The average molecular weight is 210 g/mol. The molecule has 1 nitrogen and oxygen atoms in total. The van der Waals surface area contributed by atoms with Gasteiger partial charge in [0.05, 0.1) is 0 Å². The zero-order chi connectivity index (χ0) is 9.40. The first-order chi connectivity index (χ1) is 5.66. The molecule has 0 heterocycles. The second-order valence-corrected chi connectivity index (χ2v) is 5.03. The van der Waals surface area contributed by atoms with Gasteiger partial charge in [0.1, 0.15) is 0 Å². The van der Waals surface area contributed by atoms with Crippen molar-refractivity contribution in [1.29, 1.82) is 0 Å². The van der Waals surface area contributed by atoms with Crippen LogP contribution in [0.3, 0.4) is 0 Å². The van der Waals surface area contributed by atoms with E-state index in [0.29, 0.717) is 11.3 Å². The third kappa shape index (κ3) is 8.69. The summed E-state index contributed by atoms with van der Waals surface area (Å²) >= 11 is 7.95. The largest absolute Gasteiger partial charge is 0.314 e. The fraction of sp³-hybridized carbons (Fsp3) is 1.00. The van der Waals surface area contributed by atoms with Gasteiger partial charge < -0.3 is 5.32 Å². The van der Waals surface area contributed by atoms with E-state index in [1.165, 1.54) is 5.75 Å². The van der Waals surface area contributed by atoms with Gasteiger partial charge in [-0.2, -0.15) is 11.8 Å². The van der Waals surface area contributed by atoms with Crippen LogP contribution in [-0.2, 0) is 0 Å². The molecule has 0 radical (unpaired) electrons. The Hall–Kier alpha value is 0.600. The number of thioether (sulfide) groups is 1. The molecule has 0 aromatic rings. The van der Waals surface area contributed by atoms with Crippen LogP contribution < -0.4 is 5.32 Å². The summed E-state index contributed by atoms with van der Waals surface area (Å²) in [6.07, 6.45) is 3.22. The van der Waals surface area contributed by atoms with E-state index in [0.717, 1.165) is 19.5 Å². The summed E-state index contributed by atoms with van der Waals surface area (Å²) in [6, 6.07) is 0. The third-order valence-electron chi connectivity index (χ3n) is 1.58. The van der Waals surface area contributed by atoms with Gasteiger partial charge in [0.2, 0.25) is 0 Å². The molecule has 74 valence electrons. The Morgan fingerprint density at radius 2 is 2.08 bits per heavy atom. The molecule has 0 rings (SSSR count). The fourth-order valence-electron chi connectivity index (χ4n) is 1.03.